The highest BCUT2D eigenvalue weighted by molar-refractivity contribution is 6.30. The van der Waals surface area contributed by atoms with E-state index in [0.29, 0.717) is 12.6 Å². The van der Waals surface area contributed by atoms with Crippen molar-refractivity contribution in [2.45, 2.75) is 32.4 Å². The first-order chi connectivity index (χ1) is 9.06. The Balaban J connectivity index is 1.87. The zero-order valence-electron chi connectivity index (χ0n) is 10.9. The third-order valence-electron chi connectivity index (χ3n) is 3.45. The molecule has 0 aromatic heterocycles. The molecule has 19 heavy (non-hydrogen) atoms. The fraction of sp³-hybridized carbons (Fsp3) is 0.500. The van der Waals surface area contributed by atoms with Crippen LogP contribution in [0, 0.1) is 11.7 Å². The molecule has 0 aliphatic carbocycles. The standard InChI is InChI=1S/C14H18ClFN2O/c1-9-6-11(4-5-17-9)14(19)18-8-10-2-3-13(16)12(15)7-10/h2-3,7,9,11,17H,4-6,8H2,1H3,(H,18,19)/t9-,11-/m0/s1. The number of hydrogen-bond acceptors (Lipinski definition) is 2. The van der Waals surface area contributed by atoms with E-state index in [0.717, 1.165) is 24.9 Å². The van der Waals surface area contributed by atoms with Crippen LogP contribution in [0.5, 0.6) is 0 Å². The summed E-state index contributed by atoms with van der Waals surface area (Å²) in [4.78, 5) is 12.0. The Kier molecular flexibility index (Phi) is 4.77. The summed E-state index contributed by atoms with van der Waals surface area (Å²) in [5.74, 6) is -0.315. The minimum Gasteiger partial charge on any atom is -0.352 e. The molecule has 3 nitrogen and oxygen atoms in total. The molecule has 0 saturated carbocycles. The van der Waals surface area contributed by atoms with Crippen LogP contribution in [-0.4, -0.2) is 18.5 Å². The van der Waals surface area contributed by atoms with Crippen LogP contribution in [0.3, 0.4) is 0 Å². The van der Waals surface area contributed by atoms with E-state index < -0.39 is 5.82 Å². The Labute approximate surface area is 117 Å². The molecule has 1 amide bonds. The highest BCUT2D eigenvalue weighted by Gasteiger charge is 2.24. The summed E-state index contributed by atoms with van der Waals surface area (Å²) in [6.45, 7) is 3.35. The molecule has 1 aromatic carbocycles. The van der Waals surface area contributed by atoms with Gasteiger partial charge < -0.3 is 10.6 Å². The van der Waals surface area contributed by atoms with Crippen LogP contribution in [0.4, 0.5) is 4.39 Å². The SMILES string of the molecule is C[C@H]1C[C@@H](C(=O)NCc2ccc(F)c(Cl)c2)CCN1. The van der Waals surface area contributed by atoms with E-state index in [1.54, 1.807) is 12.1 Å². The molecule has 1 aliphatic heterocycles. The molecule has 1 aromatic rings. The van der Waals surface area contributed by atoms with Crippen molar-refractivity contribution >= 4 is 17.5 Å². The lowest BCUT2D eigenvalue weighted by atomic mass is 9.92. The van der Waals surface area contributed by atoms with Crippen molar-refractivity contribution in [3.63, 3.8) is 0 Å². The number of piperidine rings is 1. The van der Waals surface area contributed by atoms with Crippen molar-refractivity contribution in [2.75, 3.05) is 6.54 Å². The molecular formula is C14H18ClFN2O. The Morgan fingerprint density at radius 2 is 2.37 bits per heavy atom. The van der Waals surface area contributed by atoms with Crippen molar-refractivity contribution in [2.24, 2.45) is 5.92 Å². The van der Waals surface area contributed by atoms with Gasteiger partial charge in [-0.25, -0.2) is 4.39 Å². The summed E-state index contributed by atoms with van der Waals surface area (Å²) >= 11 is 5.70. The van der Waals surface area contributed by atoms with E-state index in [1.165, 1.54) is 6.07 Å². The normalized spacial score (nSPS) is 23.1. The summed E-state index contributed by atoms with van der Waals surface area (Å²) < 4.78 is 13.0. The van der Waals surface area contributed by atoms with E-state index in [1.807, 2.05) is 0 Å². The highest BCUT2D eigenvalue weighted by atomic mass is 35.5. The minimum atomic E-state index is -0.441. The monoisotopic (exact) mass is 284 g/mol. The lowest BCUT2D eigenvalue weighted by molar-refractivity contribution is -0.126. The molecule has 0 spiro atoms. The van der Waals surface area contributed by atoms with Crippen molar-refractivity contribution in [3.8, 4) is 0 Å². The average Bonchev–Trinajstić information content (AvgIpc) is 2.40. The summed E-state index contributed by atoms with van der Waals surface area (Å²) in [6.07, 6.45) is 1.72. The maximum Gasteiger partial charge on any atom is 0.223 e. The fourth-order valence-electron chi connectivity index (χ4n) is 2.35. The van der Waals surface area contributed by atoms with Gasteiger partial charge in [0.25, 0.3) is 0 Å². The van der Waals surface area contributed by atoms with Crippen molar-refractivity contribution in [3.05, 3.63) is 34.6 Å². The van der Waals surface area contributed by atoms with E-state index in [-0.39, 0.29) is 16.8 Å². The van der Waals surface area contributed by atoms with Gasteiger partial charge in [-0.05, 0) is 44.0 Å². The first kappa shape index (κ1) is 14.3. The van der Waals surface area contributed by atoms with Crippen LogP contribution in [0.1, 0.15) is 25.3 Å². The van der Waals surface area contributed by atoms with E-state index in [4.69, 9.17) is 11.6 Å². The predicted octanol–water partition coefficient (Wildman–Crippen LogP) is 2.48. The molecule has 5 heteroatoms. The molecule has 1 saturated heterocycles. The van der Waals surface area contributed by atoms with Gasteiger partial charge in [-0.15, -0.1) is 0 Å². The van der Waals surface area contributed by atoms with Gasteiger partial charge >= 0.3 is 0 Å². The van der Waals surface area contributed by atoms with Gasteiger partial charge in [0.05, 0.1) is 5.02 Å². The number of benzene rings is 1. The molecule has 0 unspecified atom stereocenters. The lowest BCUT2D eigenvalue weighted by Crippen LogP contribution is -2.42. The lowest BCUT2D eigenvalue weighted by Gasteiger charge is -2.27. The molecule has 2 N–H and O–H groups in total. The molecule has 0 bridgehead atoms. The number of rotatable bonds is 3. The van der Waals surface area contributed by atoms with E-state index in [2.05, 4.69) is 17.6 Å². The molecule has 2 rings (SSSR count). The van der Waals surface area contributed by atoms with Crippen LogP contribution in [-0.2, 0) is 11.3 Å². The Morgan fingerprint density at radius 3 is 3.05 bits per heavy atom. The Morgan fingerprint density at radius 1 is 1.58 bits per heavy atom. The quantitative estimate of drug-likeness (QED) is 0.895. The number of halogens is 2. The zero-order chi connectivity index (χ0) is 13.8. The maximum atomic E-state index is 13.0. The number of hydrogen-bond donors (Lipinski definition) is 2. The fourth-order valence-corrected chi connectivity index (χ4v) is 2.56. The summed E-state index contributed by atoms with van der Waals surface area (Å²) in [7, 11) is 0. The van der Waals surface area contributed by atoms with Crippen molar-refractivity contribution in [1.82, 2.24) is 10.6 Å². The minimum absolute atomic E-state index is 0.0622. The zero-order valence-corrected chi connectivity index (χ0v) is 11.6. The number of nitrogens with one attached hydrogen (secondary N) is 2. The van der Waals surface area contributed by atoms with Gasteiger partial charge in [0.1, 0.15) is 5.82 Å². The Hall–Kier alpha value is -1.13. The molecular weight excluding hydrogens is 267 g/mol. The second-order valence-electron chi connectivity index (χ2n) is 5.04. The van der Waals surface area contributed by atoms with Crippen LogP contribution >= 0.6 is 11.6 Å². The maximum absolute atomic E-state index is 13.0. The topological polar surface area (TPSA) is 41.1 Å². The highest BCUT2D eigenvalue weighted by Crippen LogP contribution is 2.18. The van der Waals surface area contributed by atoms with Crippen molar-refractivity contribution < 1.29 is 9.18 Å². The predicted molar refractivity (Wildman–Crippen MR) is 73.4 cm³/mol. The molecule has 0 radical (unpaired) electrons. The first-order valence-electron chi connectivity index (χ1n) is 6.51. The van der Waals surface area contributed by atoms with Crippen LogP contribution < -0.4 is 10.6 Å². The second-order valence-corrected chi connectivity index (χ2v) is 5.45. The molecule has 104 valence electrons. The second kappa shape index (κ2) is 6.35. The molecule has 2 atom stereocenters. The van der Waals surface area contributed by atoms with Gasteiger partial charge in [0.15, 0.2) is 0 Å². The Bertz CT molecular complexity index is 467. The first-order valence-corrected chi connectivity index (χ1v) is 6.89. The molecule has 1 aliphatic rings. The summed E-state index contributed by atoms with van der Waals surface area (Å²) in [6, 6.07) is 4.87. The number of amides is 1. The van der Waals surface area contributed by atoms with E-state index in [9.17, 15) is 9.18 Å². The van der Waals surface area contributed by atoms with Gasteiger partial charge in [-0.1, -0.05) is 17.7 Å². The van der Waals surface area contributed by atoms with E-state index >= 15 is 0 Å². The summed E-state index contributed by atoms with van der Waals surface area (Å²) in [5, 5.41) is 6.29. The number of carbonyl (C=O) groups is 1. The van der Waals surface area contributed by atoms with Crippen LogP contribution in [0.15, 0.2) is 18.2 Å². The molecule has 1 fully saturated rings. The molecule has 1 heterocycles. The van der Waals surface area contributed by atoms with Crippen LogP contribution in [0.25, 0.3) is 0 Å². The third kappa shape index (κ3) is 3.91. The average molecular weight is 285 g/mol. The van der Waals surface area contributed by atoms with Crippen LogP contribution in [0.2, 0.25) is 5.02 Å². The van der Waals surface area contributed by atoms with Crippen molar-refractivity contribution in [1.29, 1.82) is 0 Å². The summed E-state index contributed by atoms with van der Waals surface area (Å²) in [5.41, 5.74) is 0.807. The third-order valence-corrected chi connectivity index (χ3v) is 3.73. The number of carbonyl (C=O) groups excluding carboxylic acids is 1. The van der Waals surface area contributed by atoms with Gasteiger partial charge in [-0.3, -0.25) is 4.79 Å². The van der Waals surface area contributed by atoms with Gasteiger partial charge in [-0.2, -0.15) is 0 Å². The largest absolute Gasteiger partial charge is 0.352 e. The van der Waals surface area contributed by atoms with Gasteiger partial charge in [0.2, 0.25) is 5.91 Å². The smallest absolute Gasteiger partial charge is 0.223 e. The van der Waals surface area contributed by atoms with Gasteiger partial charge in [0, 0.05) is 18.5 Å².